The second-order valence-electron chi connectivity index (χ2n) is 4.81. The summed E-state index contributed by atoms with van der Waals surface area (Å²) in [6.45, 7) is 10.5. The fourth-order valence-electron chi connectivity index (χ4n) is 0.258. The maximum absolute atomic E-state index is 8.18. The van der Waals surface area contributed by atoms with Gasteiger partial charge in [-0.2, -0.15) is 0 Å². The lowest BCUT2D eigenvalue weighted by atomic mass is 10.0. The maximum atomic E-state index is 8.18. The van der Waals surface area contributed by atoms with E-state index in [4.69, 9.17) is 21.9 Å². The van der Waals surface area contributed by atoms with Crippen molar-refractivity contribution in [3.8, 4) is 0 Å². The van der Waals surface area contributed by atoms with Gasteiger partial charge in [0, 0.05) is 0 Å². The zero-order valence-corrected chi connectivity index (χ0v) is 10.9. The first-order valence-electron chi connectivity index (χ1n) is 4.92. The van der Waals surface area contributed by atoms with E-state index in [1.165, 1.54) is 0 Å². The van der Waals surface area contributed by atoms with E-state index in [-0.39, 0.29) is 0 Å². The fourth-order valence-corrected chi connectivity index (χ4v) is 0.258. The summed E-state index contributed by atoms with van der Waals surface area (Å²) in [6, 6.07) is 0. The van der Waals surface area contributed by atoms with Gasteiger partial charge < -0.3 is 21.9 Å². The van der Waals surface area contributed by atoms with Crippen LogP contribution in [0, 0.1) is 0 Å². The first-order valence-corrected chi connectivity index (χ1v) is 4.92. The number of nitrogens with zero attached hydrogens (tertiary/aromatic N) is 2. The third-order valence-corrected chi connectivity index (χ3v) is 2.16. The predicted octanol–water partition coefficient (Wildman–Crippen LogP) is 1.15. The number of nitrogens with two attached hydrogens (primary N) is 2. The van der Waals surface area contributed by atoms with Gasteiger partial charge in [0.25, 0.3) is 0 Å². The lowest BCUT2D eigenvalue weighted by Crippen LogP contribution is -2.39. The third kappa shape index (κ3) is 8.19. The smallest absolute Gasteiger partial charge is 0.0732 e. The quantitative estimate of drug-likeness (QED) is 0.324. The molecule has 0 amide bonds. The Morgan fingerprint density at radius 2 is 1.00 bits per heavy atom. The van der Waals surface area contributed by atoms with Gasteiger partial charge in [-0.15, -0.1) is 0 Å². The minimum absolute atomic E-state index is 0.491. The Hall–Kier alpha value is -1.14. The van der Waals surface area contributed by atoms with Crippen LogP contribution in [0.2, 0.25) is 0 Å². The highest BCUT2D eigenvalue weighted by molar-refractivity contribution is 5.90. The maximum Gasteiger partial charge on any atom is 0.0732 e. The number of rotatable bonds is 2. The van der Waals surface area contributed by atoms with Crippen molar-refractivity contribution in [2.24, 2.45) is 21.8 Å². The van der Waals surface area contributed by atoms with E-state index in [1.807, 2.05) is 0 Å². The van der Waals surface area contributed by atoms with E-state index in [0.29, 0.717) is 11.4 Å². The van der Waals surface area contributed by atoms with Gasteiger partial charge >= 0.3 is 0 Å². The molecule has 0 spiro atoms. The molecule has 0 aromatic carbocycles. The molecule has 16 heavy (non-hydrogen) atoms. The molecule has 6 N–H and O–H groups in total. The van der Waals surface area contributed by atoms with Crippen LogP contribution in [0.1, 0.15) is 41.5 Å². The SMILES string of the molecule is C/C(=N\O)C(C)(C)N.C/C(=N\O)C(C)(C)N. The first kappa shape index (κ1) is 17.3. The Morgan fingerprint density at radius 3 is 1.00 bits per heavy atom. The van der Waals surface area contributed by atoms with Crippen LogP contribution in [0.4, 0.5) is 0 Å². The lowest BCUT2D eigenvalue weighted by molar-refractivity contribution is 0.313. The summed E-state index contributed by atoms with van der Waals surface area (Å²) in [5.74, 6) is 0. The lowest BCUT2D eigenvalue weighted by Gasteiger charge is -2.15. The van der Waals surface area contributed by atoms with Crippen molar-refractivity contribution in [1.82, 2.24) is 0 Å². The van der Waals surface area contributed by atoms with Crippen LogP contribution in [0.5, 0.6) is 0 Å². The summed E-state index contributed by atoms with van der Waals surface area (Å²) in [6.07, 6.45) is 0. The fraction of sp³-hybridized carbons (Fsp3) is 0.800. The normalized spacial score (nSPS) is 14.2. The van der Waals surface area contributed by atoms with Crippen LogP contribution in [-0.4, -0.2) is 32.9 Å². The van der Waals surface area contributed by atoms with Crippen molar-refractivity contribution in [3.63, 3.8) is 0 Å². The minimum atomic E-state index is -0.491. The average Bonchev–Trinajstić information content (AvgIpc) is 2.13. The summed E-state index contributed by atoms with van der Waals surface area (Å²) in [5.41, 5.74) is 11.1. The van der Waals surface area contributed by atoms with E-state index in [1.54, 1.807) is 41.5 Å². The van der Waals surface area contributed by atoms with Crippen LogP contribution in [0.15, 0.2) is 10.3 Å². The summed E-state index contributed by atoms with van der Waals surface area (Å²) < 4.78 is 0. The van der Waals surface area contributed by atoms with Gasteiger partial charge in [-0.05, 0) is 41.5 Å². The highest BCUT2D eigenvalue weighted by atomic mass is 16.4. The molecule has 6 heteroatoms. The molecule has 0 aliphatic rings. The second kappa shape index (κ2) is 6.44. The molecule has 0 saturated heterocycles. The summed E-state index contributed by atoms with van der Waals surface area (Å²) in [4.78, 5) is 0. The first-order chi connectivity index (χ1) is 6.96. The van der Waals surface area contributed by atoms with Crippen molar-refractivity contribution < 1.29 is 10.4 Å². The van der Waals surface area contributed by atoms with Crippen LogP contribution in [0.25, 0.3) is 0 Å². The third-order valence-electron chi connectivity index (χ3n) is 2.16. The summed E-state index contributed by atoms with van der Waals surface area (Å²) in [5, 5.41) is 22.3. The van der Waals surface area contributed by atoms with Gasteiger partial charge in [0.2, 0.25) is 0 Å². The van der Waals surface area contributed by atoms with Gasteiger partial charge in [-0.25, -0.2) is 0 Å². The van der Waals surface area contributed by atoms with Gasteiger partial charge in [0.1, 0.15) is 0 Å². The van der Waals surface area contributed by atoms with Crippen molar-refractivity contribution in [2.45, 2.75) is 52.6 Å². The van der Waals surface area contributed by atoms with E-state index in [2.05, 4.69) is 10.3 Å². The van der Waals surface area contributed by atoms with Crippen molar-refractivity contribution in [3.05, 3.63) is 0 Å². The Kier molecular flexibility index (Phi) is 6.95. The molecule has 0 bridgehead atoms. The van der Waals surface area contributed by atoms with Crippen LogP contribution in [0.3, 0.4) is 0 Å². The molecule has 0 unspecified atom stereocenters. The highest BCUT2D eigenvalue weighted by Gasteiger charge is 2.14. The number of hydrogen-bond acceptors (Lipinski definition) is 6. The molecule has 0 rings (SSSR count). The predicted molar refractivity (Wildman–Crippen MR) is 66.3 cm³/mol. The standard InChI is InChI=1S/2C5H12N2O/c2*1-4(7-8)5(2,3)6/h2*8H,6H2,1-3H3/b2*7-4+. The monoisotopic (exact) mass is 232 g/mol. The van der Waals surface area contributed by atoms with Gasteiger partial charge in [-0.1, -0.05) is 10.3 Å². The van der Waals surface area contributed by atoms with Gasteiger partial charge in [0.15, 0.2) is 0 Å². The molecule has 0 aliphatic heterocycles. The number of hydrogen-bond donors (Lipinski definition) is 4. The molecule has 0 saturated carbocycles. The second-order valence-corrected chi connectivity index (χ2v) is 4.81. The highest BCUT2D eigenvalue weighted by Crippen LogP contribution is 1.98. The van der Waals surface area contributed by atoms with Crippen molar-refractivity contribution in [2.75, 3.05) is 0 Å². The molecule has 0 aliphatic carbocycles. The van der Waals surface area contributed by atoms with E-state index >= 15 is 0 Å². The molecule has 0 heterocycles. The molecule has 0 aromatic rings. The van der Waals surface area contributed by atoms with Crippen LogP contribution >= 0.6 is 0 Å². The van der Waals surface area contributed by atoms with Crippen LogP contribution < -0.4 is 11.5 Å². The molecule has 0 atom stereocenters. The zero-order valence-electron chi connectivity index (χ0n) is 10.9. The molecule has 0 fully saturated rings. The molecule has 96 valence electrons. The average molecular weight is 232 g/mol. The summed E-state index contributed by atoms with van der Waals surface area (Å²) >= 11 is 0. The number of oxime groups is 2. The molecule has 0 radical (unpaired) electrons. The van der Waals surface area contributed by atoms with Gasteiger partial charge in [-0.3, -0.25) is 0 Å². The largest absolute Gasteiger partial charge is 0.411 e. The molecular formula is C10H24N4O2. The van der Waals surface area contributed by atoms with Crippen LogP contribution in [-0.2, 0) is 0 Å². The topological polar surface area (TPSA) is 117 Å². The minimum Gasteiger partial charge on any atom is -0.411 e. The molecule has 6 nitrogen and oxygen atoms in total. The van der Waals surface area contributed by atoms with Gasteiger partial charge in [0.05, 0.1) is 22.5 Å². The van der Waals surface area contributed by atoms with Crippen molar-refractivity contribution in [1.29, 1.82) is 0 Å². The van der Waals surface area contributed by atoms with E-state index in [0.717, 1.165) is 0 Å². The Labute approximate surface area is 97.0 Å². The van der Waals surface area contributed by atoms with Crippen molar-refractivity contribution >= 4 is 11.4 Å². The van der Waals surface area contributed by atoms with E-state index in [9.17, 15) is 0 Å². The molecule has 0 aromatic heterocycles. The Balaban J connectivity index is 0. The van der Waals surface area contributed by atoms with E-state index < -0.39 is 11.1 Å². The molecular weight excluding hydrogens is 208 g/mol. The summed E-state index contributed by atoms with van der Waals surface area (Å²) in [7, 11) is 0. The zero-order chi connectivity index (χ0) is 13.6. The Bertz CT molecular complexity index is 231. The Morgan fingerprint density at radius 1 is 0.812 bits per heavy atom.